The van der Waals surface area contributed by atoms with Crippen molar-refractivity contribution in [1.29, 1.82) is 0 Å². The Bertz CT molecular complexity index is 2370. The summed E-state index contributed by atoms with van der Waals surface area (Å²) in [6.07, 6.45) is 15.3. The Kier molecular flexibility index (Phi) is 14.0. The maximum Gasteiger partial charge on any atom is 2.00 e. The van der Waals surface area contributed by atoms with Crippen LogP contribution in [0.4, 0.5) is 0 Å². The molecule has 0 saturated heterocycles. The van der Waals surface area contributed by atoms with Crippen LogP contribution in [0.5, 0.6) is 0 Å². The maximum atomic E-state index is 4.95. The minimum absolute atomic E-state index is 0. The summed E-state index contributed by atoms with van der Waals surface area (Å²) < 4.78 is 8.07. The fraction of sp³-hybridized carbons (Fsp3) is 0.378. The van der Waals surface area contributed by atoms with Gasteiger partial charge in [-0.2, -0.15) is 23.8 Å². The number of aryl methyl sites for hydroxylation is 4. The third-order valence-electron chi connectivity index (χ3n) is 12.4. The monoisotopic (exact) mass is 1150 g/mol. The second-order valence-electron chi connectivity index (χ2n) is 16.8. The molecule has 0 aliphatic heterocycles. The van der Waals surface area contributed by atoms with Crippen LogP contribution in [0.3, 0.4) is 0 Å². The second-order valence-corrected chi connectivity index (χ2v) is 16.8. The molecule has 8 aromatic rings. The molecule has 0 spiro atoms. The normalized spacial score (nSPS) is 12.0. The molecule has 14 heteroatoms. The van der Waals surface area contributed by atoms with Crippen LogP contribution < -0.4 is 19.9 Å². The molecule has 0 unspecified atom stereocenters. The van der Waals surface area contributed by atoms with Gasteiger partial charge in [0.1, 0.15) is 23.3 Å². The van der Waals surface area contributed by atoms with E-state index < -0.39 is 0 Å². The van der Waals surface area contributed by atoms with Gasteiger partial charge < -0.3 is 38.2 Å². The van der Waals surface area contributed by atoms with Crippen molar-refractivity contribution in [3.05, 3.63) is 121 Å². The molecule has 0 radical (unpaired) electrons. The van der Waals surface area contributed by atoms with Gasteiger partial charge in [-0.3, -0.25) is 0 Å². The zero-order valence-corrected chi connectivity index (χ0v) is 39.8. The van der Waals surface area contributed by atoms with Gasteiger partial charge in [0.2, 0.25) is 0 Å². The summed E-state index contributed by atoms with van der Waals surface area (Å²) in [7, 11) is 8.00. The minimum atomic E-state index is -0.249. The molecule has 316 valence electrons. The first-order valence-corrected chi connectivity index (χ1v) is 18.9. The second kappa shape index (κ2) is 17.5. The average molecular weight is 1160 g/mol. The predicted molar refractivity (Wildman–Crippen MR) is 227 cm³/mol. The molecule has 0 fully saturated rings. The number of hydrogen-bond acceptors (Lipinski definition) is 4. The summed E-state index contributed by atoms with van der Waals surface area (Å²) in [6, 6.07) is 16.2. The van der Waals surface area contributed by atoms with Crippen molar-refractivity contribution < 1.29 is 42.1 Å². The van der Waals surface area contributed by atoms with E-state index in [-0.39, 0.29) is 71.2 Å². The molecule has 8 heterocycles. The standard InChI is InChI=1S/2C22H26N6.CH4.2Pt/c1-21(2,17-9-7-15(25-17)19-23-11-13-27(19)5)22(3,4)18-10-8-16(26-18)20-24-12-14-28(20)6;1-21(2,17-13-27(5)19(25-17)15-9-7-11-23-15)22(3,4)18-14-28(6)20(26-18)16-10-8-12-24-16;;;/h2*7-14H,1-6H3;1H4;;/q2*-2;;2*+2. The molecule has 8 aromatic heterocycles. The first kappa shape index (κ1) is 47.0. The first-order chi connectivity index (χ1) is 26.4. The summed E-state index contributed by atoms with van der Waals surface area (Å²) in [5, 5.41) is 0. The van der Waals surface area contributed by atoms with Gasteiger partial charge in [0.05, 0.1) is 11.4 Å². The van der Waals surface area contributed by atoms with Gasteiger partial charge in [-0.15, -0.1) is 0 Å². The van der Waals surface area contributed by atoms with Crippen molar-refractivity contribution in [2.24, 2.45) is 28.2 Å². The van der Waals surface area contributed by atoms with Gasteiger partial charge in [-0.25, -0.2) is 19.9 Å². The molecule has 0 aliphatic carbocycles. The average Bonchev–Trinajstić information content (AvgIpc) is 3.99. The molecule has 0 saturated carbocycles. The van der Waals surface area contributed by atoms with E-state index in [0.717, 1.165) is 68.8 Å². The Balaban J connectivity index is 0.000000248. The van der Waals surface area contributed by atoms with E-state index in [2.05, 4.69) is 99.9 Å². The number of imidazole rings is 4. The van der Waals surface area contributed by atoms with Gasteiger partial charge in [0, 0.05) is 76.2 Å². The Labute approximate surface area is 377 Å². The first-order valence-electron chi connectivity index (χ1n) is 18.9. The van der Waals surface area contributed by atoms with Crippen LogP contribution in [0.1, 0.15) is 85.6 Å². The molecule has 0 bridgehead atoms. The fourth-order valence-corrected chi connectivity index (χ4v) is 7.05. The molecular weight excluding hydrogens is 1100 g/mol. The third kappa shape index (κ3) is 8.40. The van der Waals surface area contributed by atoms with Gasteiger partial charge >= 0.3 is 42.1 Å². The van der Waals surface area contributed by atoms with E-state index in [4.69, 9.17) is 19.9 Å². The van der Waals surface area contributed by atoms with Gasteiger partial charge in [0.15, 0.2) is 0 Å². The molecule has 0 amide bonds. The topological polar surface area (TPSA) is 128 Å². The van der Waals surface area contributed by atoms with Crippen LogP contribution >= 0.6 is 0 Å². The zero-order chi connectivity index (χ0) is 40.2. The van der Waals surface area contributed by atoms with E-state index in [1.54, 1.807) is 24.8 Å². The fourth-order valence-electron chi connectivity index (χ4n) is 7.05. The molecule has 12 nitrogen and oxygen atoms in total. The van der Waals surface area contributed by atoms with Crippen molar-refractivity contribution in [3.8, 4) is 46.1 Å². The predicted octanol–water partition coefficient (Wildman–Crippen LogP) is 7.95. The number of aromatic nitrogens is 12. The summed E-state index contributed by atoms with van der Waals surface area (Å²) in [5.74, 6) is 3.52. The summed E-state index contributed by atoms with van der Waals surface area (Å²) in [6.45, 7) is 17.8. The molecule has 0 N–H and O–H groups in total. The molecular formula is C45H56N12Pt2. The summed E-state index contributed by atoms with van der Waals surface area (Å²) in [5.41, 5.74) is 6.76. The molecule has 0 aromatic carbocycles. The number of nitrogens with zero attached hydrogens (tertiary/aromatic N) is 12. The molecule has 0 aliphatic rings. The Morgan fingerprint density at radius 1 is 0.458 bits per heavy atom. The van der Waals surface area contributed by atoms with Crippen LogP contribution in [0.15, 0.2) is 98.1 Å². The number of hydrogen-bond donors (Lipinski definition) is 0. The smallest absolute Gasteiger partial charge is 0.661 e. The quantitative estimate of drug-likeness (QED) is 0.135. The van der Waals surface area contributed by atoms with Crippen molar-refractivity contribution in [3.63, 3.8) is 0 Å². The van der Waals surface area contributed by atoms with Crippen molar-refractivity contribution in [2.45, 2.75) is 84.5 Å². The van der Waals surface area contributed by atoms with Crippen LogP contribution in [-0.4, -0.2) is 38.2 Å². The minimum Gasteiger partial charge on any atom is -0.661 e. The Morgan fingerprint density at radius 2 is 0.831 bits per heavy atom. The summed E-state index contributed by atoms with van der Waals surface area (Å²) in [4.78, 5) is 37.4. The molecule has 0 atom stereocenters. The Hall–Kier alpha value is -4.66. The van der Waals surface area contributed by atoms with E-state index in [9.17, 15) is 0 Å². The van der Waals surface area contributed by atoms with Crippen LogP contribution in [-0.2, 0) is 92.0 Å². The largest absolute Gasteiger partial charge is 2.00 e. The van der Waals surface area contributed by atoms with Crippen molar-refractivity contribution in [2.75, 3.05) is 0 Å². The number of rotatable bonds is 10. The maximum absolute atomic E-state index is 4.95. The van der Waals surface area contributed by atoms with E-state index in [1.165, 1.54) is 0 Å². The summed E-state index contributed by atoms with van der Waals surface area (Å²) >= 11 is 0. The zero-order valence-electron chi connectivity index (χ0n) is 35.2. The molecule has 59 heavy (non-hydrogen) atoms. The van der Waals surface area contributed by atoms with Crippen molar-refractivity contribution in [1.82, 2.24) is 58.1 Å². The van der Waals surface area contributed by atoms with E-state index in [1.807, 2.05) is 95.3 Å². The van der Waals surface area contributed by atoms with E-state index >= 15 is 0 Å². The van der Waals surface area contributed by atoms with Crippen LogP contribution in [0.25, 0.3) is 46.1 Å². The van der Waals surface area contributed by atoms with Crippen LogP contribution in [0.2, 0.25) is 0 Å². The van der Waals surface area contributed by atoms with E-state index in [0.29, 0.717) is 0 Å². The van der Waals surface area contributed by atoms with Crippen LogP contribution in [0, 0.1) is 0 Å². The van der Waals surface area contributed by atoms with Gasteiger partial charge in [0.25, 0.3) is 0 Å². The van der Waals surface area contributed by atoms with Gasteiger partial charge in [-0.05, 0) is 10.8 Å². The SMILES string of the molecule is C.Cn1cc(C(C)(C)C(C)(C)c2cn(C)c(-c3ccc[n-]3)n2)nc1-c1ccc[n-]1.Cn1ccnc1-c1ccc(C(C)(C)C(C)(C)c2ccc(-c3nccn3C)[n-]2)[n-]1.[Pt+2].[Pt+2]. The molecule has 8 rings (SSSR count). The van der Waals surface area contributed by atoms with Crippen molar-refractivity contribution >= 4 is 0 Å². The Morgan fingerprint density at radius 3 is 1.14 bits per heavy atom. The van der Waals surface area contributed by atoms with Gasteiger partial charge in [-0.1, -0.05) is 134 Å². The third-order valence-corrected chi connectivity index (χ3v) is 12.4.